The number of methoxy groups -OCH3 is 2. The minimum absolute atomic E-state index is 0.183. The Hall–Kier alpha value is -0.720. The van der Waals surface area contributed by atoms with E-state index < -0.39 is 5.60 Å². The van der Waals surface area contributed by atoms with Gasteiger partial charge in [-0.1, -0.05) is 6.92 Å². The molecule has 0 radical (unpaired) electrons. The van der Waals surface area contributed by atoms with Crippen molar-refractivity contribution in [2.45, 2.75) is 44.8 Å². The summed E-state index contributed by atoms with van der Waals surface area (Å²) in [6, 6.07) is 0. The van der Waals surface area contributed by atoms with Crippen molar-refractivity contribution < 1.29 is 9.47 Å². The summed E-state index contributed by atoms with van der Waals surface area (Å²) in [6.07, 6.45) is 3.91. The van der Waals surface area contributed by atoms with Crippen LogP contribution in [0.25, 0.3) is 0 Å². The molecule has 1 saturated carbocycles. The largest absolute Gasteiger partial charge is 0.378 e. The molecule has 1 aliphatic rings. The lowest BCUT2D eigenvalue weighted by molar-refractivity contribution is -0.0602. The molecule has 1 fully saturated rings. The summed E-state index contributed by atoms with van der Waals surface area (Å²) in [6.45, 7) is 2.54. The number of ether oxygens (including phenoxy) is 2. The third kappa shape index (κ3) is 2.97. The van der Waals surface area contributed by atoms with Crippen molar-refractivity contribution in [1.29, 1.82) is 0 Å². The van der Waals surface area contributed by atoms with Crippen molar-refractivity contribution in [3.8, 4) is 0 Å². The van der Waals surface area contributed by atoms with Crippen molar-refractivity contribution in [2.24, 2.45) is 5.92 Å². The normalized spacial score (nSPS) is 26.7. The molecular weight excluding hydrogens is 324 g/mol. The average molecular weight is 345 g/mol. The molecule has 0 aliphatic heterocycles. The molecule has 0 unspecified atom stereocenters. The van der Waals surface area contributed by atoms with E-state index in [0.717, 1.165) is 25.7 Å². The van der Waals surface area contributed by atoms with E-state index in [1.165, 1.54) is 0 Å². The Bertz CT molecular complexity index is 522. The van der Waals surface area contributed by atoms with Crippen LogP contribution < -0.4 is 5.56 Å². The lowest BCUT2D eigenvalue weighted by atomic mass is 9.79. The number of H-pyrrole nitrogens is 1. The summed E-state index contributed by atoms with van der Waals surface area (Å²) < 4.78 is 11.3. The molecule has 6 heteroatoms. The number of halogens is 1. The van der Waals surface area contributed by atoms with Crippen LogP contribution in [-0.2, 0) is 21.7 Å². The van der Waals surface area contributed by atoms with Crippen LogP contribution >= 0.6 is 15.9 Å². The van der Waals surface area contributed by atoms with Crippen LogP contribution in [0.3, 0.4) is 0 Å². The summed E-state index contributed by atoms with van der Waals surface area (Å²) in [7, 11) is 3.28. The maximum absolute atomic E-state index is 12.0. The smallest absolute Gasteiger partial charge is 0.265 e. The number of nitrogens with one attached hydrogen (secondary N) is 1. The maximum Gasteiger partial charge on any atom is 0.265 e. The third-order valence-corrected chi connectivity index (χ3v) is 4.93. The van der Waals surface area contributed by atoms with E-state index in [1.807, 2.05) is 0 Å². The second-order valence-electron chi connectivity index (χ2n) is 5.49. The molecule has 1 N–H and O–H groups in total. The molecule has 0 amide bonds. The highest BCUT2D eigenvalue weighted by molar-refractivity contribution is 9.10. The molecule has 112 valence electrons. The molecule has 0 atom stereocenters. The van der Waals surface area contributed by atoms with Crippen LogP contribution in [0.1, 0.15) is 44.1 Å². The quantitative estimate of drug-likeness (QED) is 0.911. The van der Waals surface area contributed by atoms with Crippen LogP contribution in [0.4, 0.5) is 0 Å². The van der Waals surface area contributed by atoms with Crippen LogP contribution in [0, 0.1) is 5.92 Å². The Morgan fingerprint density at radius 3 is 2.60 bits per heavy atom. The molecule has 1 aliphatic carbocycles. The van der Waals surface area contributed by atoms with Crippen LogP contribution in [-0.4, -0.2) is 24.2 Å². The highest BCUT2D eigenvalue weighted by Crippen LogP contribution is 2.40. The van der Waals surface area contributed by atoms with Gasteiger partial charge in [0.25, 0.3) is 5.56 Å². The fourth-order valence-electron chi connectivity index (χ4n) is 2.72. The summed E-state index contributed by atoms with van der Waals surface area (Å²) in [5, 5.41) is 0. The topological polar surface area (TPSA) is 64.2 Å². The second kappa shape index (κ2) is 6.37. The van der Waals surface area contributed by atoms with Gasteiger partial charge < -0.3 is 14.5 Å². The van der Waals surface area contributed by atoms with Gasteiger partial charge in [0.2, 0.25) is 0 Å². The number of rotatable bonds is 4. The van der Waals surface area contributed by atoms with E-state index in [9.17, 15) is 4.79 Å². The molecule has 1 aromatic rings. The first-order valence-corrected chi connectivity index (χ1v) is 7.65. The molecule has 5 nitrogen and oxygen atoms in total. The third-order valence-electron chi connectivity index (χ3n) is 4.12. The first kappa shape index (κ1) is 15.7. The predicted molar refractivity (Wildman–Crippen MR) is 79.6 cm³/mol. The summed E-state index contributed by atoms with van der Waals surface area (Å²) in [5.74, 6) is 1.31. The van der Waals surface area contributed by atoms with Crippen molar-refractivity contribution in [1.82, 2.24) is 9.97 Å². The van der Waals surface area contributed by atoms with Crippen molar-refractivity contribution in [2.75, 3.05) is 14.2 Å². The van der Waals surface area contributed by atoms with Gasteiger partial charge in [0.05, 0.1) is 12.3 Å². The van der Waals surface area contributed by atoms with E-state index in [2.05, 4.69) is 32.8 Å². The fraction of sp³-hybridized carbons (Fsp3) is 0.714. The monoisotopic (exact) mass is 344 g/mol. The highest BCUT2D eigenvalue weighted by atomic mass is 79.9. The predicted octanol–water partition coefficient (Wildman–Crippen LogP) is 2.73. The highest BCUT2D eigenvalue weighted by Gasteiger charge is 2.38. The summed E-state index contributed by atoms with van der Waals surface area (Å²) in [5.41, 5.74) is -0.0483. The van der Waals surface area contributed by atoms with Crippen LogP contribution in [0.2, 0.25) is 0 Å². The molecular formula is C14H21BrN2O3. The minimum atomic E-state index is -0.477. The van der Waals surface area contributed by atoms with Gasteiger partial charge in [0.15, 0.2) is 0 Å². The molecule has 1 aromatic heterocycles. The van der Waals surface area contributed by atoms with Gasteiger partial charge >= 0.3 is 0 Å². The lowest BCUT2D eigenvalue weighted by Gasteiger charge is -2.37. The lowest BCUT2D eigenvalue weighted by Crippen LogP contribution is -2.37. The Kier molecular flexibility index (Phi) is 4.99. The Balaban J connectivity index is 2.42. The van der Waals surface area contributed by atoms with Gasteiger partial charge in [-0.05, 0) is 47.5 Å². The molecule has 0 saturated heterocycles. The maximum atomic E-state index is 12.0. The molecule has 0 aromatic carbocycles. The van der Waals surface area contributed by atoms with Gasteiger partial charge in [-0.2, -0.15) is 0 Å². The zero-order chi connectivity index (χ0) is 14.8. The molecule has 0 spiro atoms. The average Bonchev–Trinajstić information content (AvgIpc) is 2.45. The van der Waals surface area contributed by atoms with Crippen molar-refractivity contribution >= 4 is 15.9 Å². The molecule has 20 heavy (non-hydrogen) atoms. The number of hydrogen-bond acceptors (Lipinski definition) is 4. The van der Waals surface area contributed by atoms with Gasteiger partial charge in [-0.15, -0.1) is 0 Å². The number of aromatic amines is 1. The van der Waals surface area contributed by atoms with Gasteiger partial charge in [-0.25, -0.2) is 4.98 Å². The van der Waals surface area contributed by atoms with Crippen molar-refractivity contribution in [3.05, 3.63) is 26.3 Å². The van der Waals surface area contributed by atoms with E-state index in [4.69, 9.17) is 9.47 Å². The molecule has 0 bridgehead atoms. The SMILES string of the molecule is COCc1nc(C2(OC)CCC(C)CC2)[nH]c(=O)c1Br. The standard InChI is InChI=1S/C14H21BrN2O3/c1-9-4-6-14(20-3,7-5-9)13-16-10(8-19-2)11(15)12(18)17-13/h9H,4-8H2,1-3H3,(H,16,17,18). The minimum Gasteiger partial charge on any atom is -0.378 e. The number of nitrogens with zero attached hydrogens (tertiary/aromatic N) is 1. The van der Waals surface area contributed by atoms with E-state index >= 15 is 0 Å². The summed E-state index contributed by atoms with van der Waals surface area (Å²) >= 11 is 3.26. The molecule has 2 rings (SSSR count). The van der Waals surface area contributed by atoms with Crippen LogP contribution in [0.15, 0.2) is 9.27 Å². The Morgan fingerprint density at radius 1 is 1.40 bits per heavy atom. The van der Waals surface area contributed by atoms with E-state index in [1.54, 1.807) is 14.2 Å². The first-order chi connectivity index (χ1) is 9.52. The second-order valence-corrected chi connectivity index (χ2v) is 6.28. The Morgan fingerprint density at radius 2 is 2.05 bits per heavy atom. The Labute approximate surface area is 127 Å². The fourth-order valence-corrected chi connectivity index (χ4v) is 3.02. The van der Waals surface area contributed by atoms with Crippen molar-refractivity contribution in [3.63, 3.8) is 0 Å². The van der Waals surface area contributed by atoms with E-state index in [-0.39, 0.29) is 5.56 Å². The zero-order valence-corrected chi connectivity index (χ0v) is 13.7. The van der Waals surface area contributed by atoms with Gasteiger partial charge in [0.1, 0.15) is 15.9 Å². The zero-order valence-electron chi connectivity index (χ0n) is 12.2. The summed E-state index contributed by atoms with van der Waals surface area (Å²) in [4.78, 5) is 19.5. The number of aromatic nitrogens is 2. The van der Waals surface area contributed by atoms with Crippen LogP contribution in [0.5, 0.6) is 0 Å². The number of hydrogen-bond donors (Lipinski definition) is 1. The first-order valence-electron chi connectivity index (χ1n) is 6.85. The van der Waals surface area contributed by atoms with Gasteiger partial charge in [0, 0.05) is 14.2 Å². The van der Waals surface area contributed by atoms with Gasteiger partial charge in [-0.3, -0.25) is 4.79 Å². The van der Waals surface area contributed by atoms with E-state index in [0.29, 0.717) is 28.5 Å². The molecule has 1 heterocycles.